The molecule has 32 heavy (non-hydrogen) atoms. The van der Waals surface area contributed by atoms with Crippen molar-refractivity contribution in [2.75, 3.05) is 13.7 Å². The highest BCUT2D eigenvalue weighted by molar-refractivity contribution is 6.30. The lowest BCUT2D eigenvalue weighted by Gasteiger charge is -2.19. The molecule has 1 aliphatic rings. The number of nitrogens with zero attached hydrogens (tertiary/aromatic N) is 3. The van der Waals surface area contributed by atoms with Crippen LogP contribution < -0.4 is 10.5 Å². The minimum Gasteiger partial charge on any atom is -0.497 e. The predicted octanol–water partition coefficient (Wildman–Crippen LogP) is 3.96. The van der Waals surface area contributed by atoms with Crippen LogP contribution in [0.2, 0.25) is 5.02 Å². The Labute approximate surface area is 189 Å². The van der Waals surface area contributed by atoms with Gasteiger partial charge in [-0.1, -0.05) is 28.9 Å². The topological polar surface area (TPSA) is 103 Å². The number of amidine groups is 1. The lowest BCUT2D eigenvalue weighted by molar-refractivity contribution is -0.138. The third-order valence-electron chi connectivity index (χ3n) is 4.95. The quantitative estimate of drug-likeness (QED) is 0.332. The molecule has 3 aromatic rings. The van der Waals surface area contributed by atoms with E-state index in [1.807, 2.05) is 18.2 Å². The van der Waals surface area contributed by atoms with Gasteiger partial charge in [-0.15, -0.1) is 0 Å². The van der Waals surface area contributed by atoms with E-state index in [1.54, 1.807) is 55.8 Å². The fraction of sp³-hybridized carbons (Fsp3) is 0.174. The fourth-order valence-corrected chi connectivity index (χ4v) is 3.42. The summed E-state index contributed by atoms with van der Waals surface area (Å²) in [5, 5.41) is 10.4. The summed E-state index contributed by atoms with van der Waals surface area (Å²) in [6.07, 6.45) is 2.06. The van der Waals surface area contributed by atoms with E-state index in [4.69, 9.17) is 31.3 Å². The molecular formula is C23H21ClN4O4. The normalized spacial score (nSPS) is 16.1. The van der Waals surface area contributed by atoms with E-state index in [0.717, 1.165) is 11.3 Å². The molecule has 1 aromatic heterocycles. The van der Waals surface area contributed by atoms with Crippen LogP contribution >= 0.6 is 11.6 Å². The number of furan rings is 1. The number of benzene rings is 2. The molecule has 2 heterocycles. The molecule has 0 aliphatic carbocycles. The molecule has 4 rings (SSSR count). The smallest absolute Gasteiger partial charge is 0.284 e. The number of rotatable bonds is 7. The van der Waals surface area contributed by atoms with Gasteiger partial charge in [0.05, 0.1) is 19.1 Å². The summed E-state index contributed by atoms with van der Waals surface area (Å²) in [4.78, 5) is 18.1. The second-order valence-electron chi connectivity index (χ2n) is 7.01. The van der Waals surface area contributed by atoms with Crippen LogP contribution in [0.15, 0.2) is 81.6 Å². The van der Waals surface area contributed by atoms with Crippen molar-refractivity contribution in [3.8, 4) is 5.75 Å². The van der Waals surface area contributed by atoms with Gasteiger partial charge < -0.3 is 19.7 Å². The van der Waals surface area contributed by atoms with Crippen LogP contribution in [0.25, 0.3) is 0 Å². The van der Waals surface area contributed by atoms with E-state index in [-0.39, 0.29) is 24.4 Å². The second-order valence-corrected chi connectivity index (χ2v) is 7.44. The fourth-order valence-electron chi connectivity index (χ4n) is 3.30. The summed E-state index contributed by atoms with van der Waals surface area (Å²) >= 11 is 5.98. The molecule has 0 spiro atoms. The molecule has 0 bridgehead atoms. The maximum atomic E-state index is 12.9. The van der Waals surface area contributed by atoms with E-state index >= 15 is 0 Å². The van der Waals surface area contributed by atoms with Gasteiger partial charge in [0.1, 0.15) is 17.6 Å². The number of amides is 1. The van der Waals surface area contributed by atoms with Gasteiger partial charge in [0, 0.05) is 17.0 Å². The van der Waals surface area contributed by atoms with Crippen molar-refractivity contribution in [3.05, 3.63) is 88.8 Å². The average molecular weight is 453 g/mol. The van der Waals surface area contributed by atoms with E-state index in [0.29, 0.717) is 28.5 Å². The Bertz CT molecular complexity index is 1130. The lowest BCUT2D eigenvalue weighted by Crippen LogP contribution is -2.30. The Morgan fingerprint density at radius 2 is 1.97 bits per heavy atom. The second kappa shape index (κ2) is 9.57. The molecule has 0 saturated carbocycles. The molecule has 9 heteroatoms. The van der Waals surface area contributed by atoms with Gasteiger partial charge in [-0.3, -0.25) is 4.79 Å². The predicted molar refractivity (Wildman–Crippen MR) is 121 cm³/mol. The van der Waals surface area contributed by atoms with Gasteiger partial charge in [0.25, 0.3) is 5.91 Å². The van der Waals surface area contributed by atoms with Crippen molar-refractivity contribution in [3.63, 3.8) is 0 Å². The molecule has 0 radical (unpaired) electrons. The van der Waals surface area contributed by atoms with E-state index in [9.17, 15) is 4.79 Å². The molecule has 0 saturated heterocycles. The van der Waals surface area contributed by atoms with Crippen LogP contribution in [0.1, 0.15) is 29.3 Å². The molecule has 2 N–H and O–H groups in total. The summed E-state index contributed by atoms with van der Waals surface area (Å²) in [6.45, 7) is -0.328. The Balaban J connectivity index is 1.47. The molecule has 8 nitrogen and oxygen atoms in total. The number of halogens is 1. The number of carbonyl (C=O) groups excluding carboxylic acids is 1. The highest BCUT2D eigenvalue weighted by atomic mass is 35.5. The van der Waals surface area contributed by atoms with Gasteiger partial charge in [0.2, 0.25) is 0 Å². The van der Waals surface area contributed by atoms with E-state index in [2.05, 4.69) is 10.3 Å². The molecule has 1 atom stereocenters. The zero-order valence-electron chi connectivity index (χ0n) is 17.3. The highest BCUT2D eigenvalue weighted by Crippen LogP contribution is 2.33. The number of methoxy groups -OCH3 is 1. The van der Waals surface area contributed by atoms with Crippen LogP contribution in [0.5, 0.6) is 5.75 Å². The Morgan fingerprint density at radius 1 is 1.22 bits per heavy atom. The summed E-state index contributed by atoms with van der Waals surface area (Å²) < 4.78 is 10.7. The number of hydrogen-bond acceptors (Lipinski definition) is 6. The third-order valence-corrected chi connectivity index (χ3v) is 5.20. The first-order valence-electron chi connectivity index (χ1n) is 9.84. The molecule has 1 unspecified atom stereocenters. The monoisotopic (exact) mass is 452 g/mol. The third kappa shape index (κ3) is 4.76. The molecule has 1 amide bonds. The van der Waals surface area contributed by atoms with Gasteiger partial charge in [0.15, 0.2) is 12.4 Å². The van der Waals surface area contributed by atoms with Crippen molar-refractivity contribution in [2.24, 2.45) is 16.0 Å². The maximum Gasteiger partial charge on any atom is 0.284 e. The van der Waals surface area contributed by atoms with E-state index < -0.39 is 0 Å². The number of carbonyl (C=O) groups is 1. The SMILES string of the molecule is COc1ccc(/C(N)=N/OCC(=O)N2N=C(c3ccc(Cl)cc3)CC2c2ccco2)cc1. The number of hydrogen-bond donors (Lipinski definition) is 1. The molecule has 0 fully saturated rings. The van der Waals surface area contributed by atoms with Crippen molar-refractivity contribution >= 4 is 29.1 Å². The Kier molecular flexibility index (Phi) is 6.42. The Hall–Kier alpha value is -3.78. The first kappa shape index (κ1) is 21.5. The summed E-state index contributed by atoms with van der Waals surface area (Å²) in [5.41, 5.74) is 8.22. The zero-order valence-corrected chi connectivity index (χ0v) is 18.0. The number of hydrazone groups is 1. The summed E-state index contributed by atoms with van der Waals surface area (Å²) in [6, 6.07) is 17.5. The molecule has 1 aliphatic heterocycles. The van der Waals surface area contributed by atoms with Gasteiger partial charge in [-0.2, -0.15) is 5.10 Å². The van der Waals surface area contributed by atoms with E-state index in [1.165, 1.54) is 5.01 Å². The van der Waals surface area contributed by atoms with Crippen LogP contribution in [0, 0.1) is 0 Å². The first-order valence-corrected chi connectivity index (χ1v) is 10.2. The maximum absolute atomic E-state index is 12.9. The minimum atomic E-state index is -0.380. The van der Waals surface area contributed by atoms with Crippen LogP contribution in [0.3, 0.4) is 0 Å². The summed E-state index contributed by atoms with van der Waals surface area (Å²) in [7, 11) is 1.58. The lowest BCUT2D eigenvalue weighted by atomic mass is 10.0. The number of nitrogens with two attached hydrogens (primary N) is 1. The average Bonchev–Trinajstić information content (AvgIpc) is 3.49. The number of ether oxygens (including phenoxy) is 1. The van der Waals surface area contributed by atoms with Gasteiger partial charge in [-0.05, 0) is 54.1 Å². The van der Waals surface area contributed by atoms with Gasteiger partial charge in [-0.25, -0.2) is 5.01 Å². The van der Waals surface area contributed by atoms with Crippen LogP contribution in [0.4, 0.5) is 0 Å². The molecule has 164 valence electrons. The standard InChI is InChI=1S/C23H21ClN4O4/c1-30-18-10-6-16(7-11-18)23(25)27-32-14-22(29)28-20(21-3-2-12-31-21)13-19(26-28)15-4-8-17(24)9-5-15/h2-12,20H,13-14H2,1H3,(H2,25,27). The zero-order chi connectivity index (χ0) is 22.5. The van der Waals surface area contributed by atoms with Gasteiger partial charge >= 0.3 is 0 Å². The largest absolute Gasteiger partial charge is 0.497 e. The first-order chi connectivity index (χ1) is 15.5. The summed E-state index contributed by atoms with van der Waals surface area (Å²) in [5.74, 6) is 1.11. The molecule has 2 aromatic carbocycles. The highest BCUT2D eigenvalue weighted by Gasteiger charge is 2.35. The van der Waals surface area contributed by atoms with Crippen LogP contribution in [-0.2, 0) is 9.63 Å². The van der Waals surface area contributed by atoms with Crippen molar-refractivity contribution in [1.29, 1.82) is 0 Å². The van der Waals surface area contributed by atoms with Crippen molar-refractivity contribution < 1.29 is 18.8 Å². The van der Waals surface area contributed by atoms with Crippen molar-refractivity contribution in [1.82, 2.24) is 5.01 Å². The number of oxime groups is 1. The Morgan fingerprint density at radius 3 is 2.62 bits per heavy atom. The minimum absolute atomic E-state index is 0.148. The van der Waals surface area contributed by atoms with Crippen molar-refractivity contribution in [2.45, 2.75) is 12.5 Å². The van der Waals surface area contributed by atoms with Crippen LogP contribution in [-0.4, -0.2) is 36.2 Å². The molecular weight excluding hydrogens is 432 g/mol.